The maximum atomic E-state index is 13.4. The summed E-state index contributed by atoms with van der Waals surface area (Å²) < 4.78 is 40.0. The first-order chi connectivity index (χ1) is 22.3. The normalized spacial score (nSPS) is 16.4. The van der Waals surface area contributed by atoms with Gasteiger partial charge in [-0.1, -0.05) is 24.3 Å². The maximum absolute atomic E-state index is 13.4. The highest BCUT2D eigenvalue weighted by molar-refractivity contribution is 5.93. The van der Waals surface area contributed by atoms with Crippen LogP contribution in [0.4, 0.5) is 18.4 Å². The van der Waals surface area contributed by atoms with Crippen LogP contribution in [0.15, 0.2) is 84.9 Å². The third kappa shape index (κ3) is 5.27. The Bertz CT molecular complexity index is 2060. The van der Waals surface area contributed by atoms with Gasteiger partial charge in [-0.15, -0.1) is 0 Å². The van der Waals surface area contributed by atoms with Gasteiger partial charge in [0, 0.05) is 12.1 Å². The van der Waals surface area contributed by atoms with Crippen molar-refractivity contribution in [2.75, 3.05) is 14.2 Å². The third-order valence-electron chi connectivity index (χ3n) is 8.11. The number of nitrogens with one attached hydrogen (secondary N) is 2. The monoisotopic (exact) mass is 622 g/mol. The number of carbonyl (C=O) groups is 2. The minimum atomic E-state index is -0.383. The second kappa shape index (κ2) is 11.6. The van der Waals surface area contributed by atoms with Gasteiger partial charge in [-0.05, 0) is 72.5 Å². The number of methoxy groups -OCH3 is 2. The van der Waals surface area contributed by atoms with Gasteiger partial charge in [0.05, 0.1) is 48.4 Å². The smallest absolute Gasteiger partial charge is 0.328 e. The third-order valence-corrected chi connectivity index (χ3v) is 8.11. The van der Waals surface area contributed by atoms with E-state index >= 15 is 0 Å². The molecule has 46 heavy (non-hydrogen) atoms. The number of carbonyl (C=O) groups excluding carboxylic acids is 2. The Morgan fingerprint density at radius 1 is 0.630 bits per heavy atom. The standard InChI is InChI=1S/2C17H14FN3O2/c1-23-12-5-2-10(3-6-12)8-14-16-19-13-9-11(18)4-7-15(13)21(16)17(22)20-14;1-23-12-5-2-10(3-6-12)8-14-16-19-13-7-4-11(18)9-15(13)21(16)17(22)20-14/h2*2-7,9,14H,8H2,1H3,(H,20,22)/t2*14-/m11/s1. The molecule has 2 aliphatic rings. The van der Waals surface area contributed by atoms with Crippen molar-refractivity contribution in [2.24, 2.45) is 0 Å². The molecule has 2 aromatic heterocycles. The Kier molecular flexibility index (Phi) is 7.31. The molecular formula is C34H28F2N6O4. The van der Waals surface area contributed by atoms with Crippen LogP contribution in [0.2, 0.25) is 0 Å². The fourth-order valence-electron chi connectivity index (χ4n) is 5.87. The minimum absolute atomic E-state index is 0.229. The van der Waals surface area contributed by atoms with Crippen LogP contribution in [-0.4, -0.2) is 45.4 Å². The van der Waals surface area contributed by atoms with Crippen molar-refractivity contribution in [3.63, 3.8) is 0 Å². The lowest BCUT2D eigenvalue weighted by Gasteiger charge is -2.09. The largest absolute Gasteiger partial charge is 0.497 e. The highest BCUT2D eigenvalue weighted by Crippen LogP contribution is 2.30. The van der Waals surface area contributed by atoms with E-state index in [9.17, 15) is 18.4 Å². The molecule has 0 radical (unpaired) electrons. The van der Waals surface area contributed by atoms with Crippen LogP contribution in [0.5, 0.6) is 11.5 Å². The van der Waals surface area contributed by atoms with Gasteiger partial charge < -0.3 is 20.1 Å². The first kappa shape index (κ1) is 29.0. The molecule has 4 aromatic carbocycles. The molecule has 2 atom stereocenters. The first-order valence-corrected chi connectivity index (χ1v) is 14.5. The summed E-state index contributed by atoms with van der Waals surface area (Å²) in [4.78, 5) is 33.4. The molecule has 0 fully saturated rings. The van der Waals surface area contributed by atoms with Gasteiger partial charge in [0.25, 0.3) is 0 Å². The SMILES string of the molecule is COc1ccc(C[C@H]2NC(=O)n3c2nc2cc(F)ccc23)cc1.COc1ccc(C[C@H]2NC(=O)n3c2nc2ccc(F)cc23)cc1. The maximum Gasteiger partial charge on any atom is 0.328 e. The summed E-state index contributed by atoms with van der Waals surface area (Å²) in [6, 6.07) is 22.9. The molecule has 2 aliphatic heterocycles. The van der Waals surface area contributed by atoms with Crippen molar-refractivity contribution in [3.05, 3.63) is 119 Å². The van der Waals surface area contributed by atoms with Crippen LogP contribution < -0.4 is 20.1 Å². The number of halogens is 2. The molecule has 0 spiro atoms. The van der Waals surface area contributed by atoms with E-state index < -0.39 is 0 Å². The zero-order valence-electron chi connectivity index (χ0n) is 24.8. The number of amides is 2. The van der Waals surface area contributed by atoms with Crippen LogP contribution in [0, 0.1) is 11.6 Å². The number of rotatable bonds is 6. The van der Waals surface area contributed by atoms with Crippen molar-refractivity contribution in [2.45, 2.75) is 24.9 Å². The Balaban J connectivity index is 0.000000147. The molecule has 12 heteroatoms. The van der Waals surface area contributed by atoms with E-state index in [4.69, 9.17) is 9.47 Å². The van der Waals surface area contributed by atoms with E-state index in [0.29, 0.717) is 46.6 Å². The summed E-state index contributed by atoms with van der Waals surface area (Å²) in [5.74, 6) is 2.06. The summed E-state index contributed by atoms with van der Waals surface area (Å²) in [5, 5.41) is 5.82. The van der Waals surface area contributed by atoms with Crippen LogP contribution in [0.1, 0.15) is 34.9 Å². The molecule has 2 N–H and O–H groups in total. The lowest BCUT2D eigenvalue weighted by Crippen LogP contribution is -2.22. The first-order valence-electron chi connectivity index (χ1n) is 14.5. The van der Waals surface area contributed by atoms with Gasteiger partial charge in [-0.3, -0.25) is 0 Å². The van der Waals surface area contributed by atoms with Crippen LogP contribution in [-0.2, 0) is 12.8 Å². The number of ether oxygens (including phenoxy) is 2. The second-order valence-corrected chi connectivity index (χ2v) is 11.0. The van der Waals surface area contributed by atoms with Crippen molar-refractivity contribution in [1.29, 1.82) is 0 Å². The average Bonchev–Trinajstić information content (AvgIpc) is 3.79. The molecule has 0 saturated carbocycles. The zero-order chi connectivity index (χ0) is 31.9. The number of hydrogen-bond donors (Lipinski definition) is 2. The Morgan fingerprint density at radius 3 is 1.65 bits per heavy atom. The van der Waals surface area contributed by atoms with Gasteiger partial charge in [-0.25, -0.2) is 37.5 Å². The van der Waals surface area contributed by atoms with Crippen LogP contribution in [0.25, 0.3) is 22.1 Å². The van der Waals surface area contributed by atoms with E-state index in [0.717, 1.165) is 22.6 Å². The number of imidazole rings is 2. The van der Waals surface area contributed by atoms with Gasteiger partial charge in [0.1, 0.15) is 34.8 Å². The van der Waals surface area contributed by atoms with Crippen LogP contribution in [0.3, 0.4) is 0 Å². The van der Waals surface area contributed by atoms with E-state index in [-0.39, 0.29) is 35.8 Å². The quantitative estimate of drug-likeness (QED) is 0.233. The number of nitrogens with zero attached hydrogens (tertiary/aromatic N) is 4. The molecule has 0 aliphatic carbocycles. The molecule has 2 amide bonds. The molecule has 6 aromatic rings. The molecular weight excluding hydrogens is 594 g/mol. The van der Waals surface area contributed by atoms with E-state index in [1.807, 2.05) is 48.5 Å². The molecule has 0 saturated heterocycles. The Hall–Kier alpha value is -5.78. The van der Waals surface area contributed by atoms with Gasteiger partial charge in [0.2, 0.25) is 0 Å². The Labute approximate surface area is 261 Å². The Morgan fingerprint density at radius 2 is 1.11 bits per heavy atom. The topological polar surface area (TPSA) is 112 Å². The molecule has 0 unspecified atom stereocenters. The zero-order valence-corrected chi connectivity index (χ0v) is 24.8. The van der Waals surface area contributed by atoms with Crippen LogP contribution >= 0.6 is 0 Å². The summed E-state index contributed by atoms with van der Waals surface area (Å²) >= 11 is 0. The second-order valence-electron chi connectivity index (χ2n) is 11.0. The number of benzene rings is 4. The molecule has 232 valence electrons. The minimum Gasteiger partial charge on any atom is -0.497 e. The highest BCUT2D eigenvalue weighted by Gasteiger charge is 2.33. The summed E-state index contributed by atoms with van der Waals surface area (Å²) in [5.41, 5.74) is 4.35. The fourth-order valence-corrected chi connectivity index (χ4v) is 5.87. The fraction of sp³-hybridized carbons (Fsp3) is 0.176. The van der Waals surface area contributed by atoms with Gasteiger partial charge in [-0.2, -0.15) is 0 Å². The predicted octanol–water partition coefficient (Wildman–Crippen LogP) is 6.08. The highest BCUT2D eigenvalue weighted by atomic mass is 19.1. The molecule has 8 rings (SSSR count). The number of aromatic nitrogens is 4. The molecule has 10 nitrogen and oxygen atoms in total. The van der Waals surface area contributed by atoms with Gasteiger partial charge in [0.15, 0.2) is 0 Å². The predicted molar refractivity (Wildman–Crippen MR) is 166 cm³/mol. The van der Waals surface area contributed by atoms with E-state index in [1.54, 1.807) is 26.4 Å². The summed E-state index contributed by atoms with van der Waals surface area (Å²) in [7, 11) is 3.24. The van der Waals surface area contributed by atoms with Crippen molar-refractivity contribution < 1.29 is 27.8 Å². The van der Waals surface area contributed by atoms with Gasteiger partial charge >= 0.3 is 12.1 Å². The lowest BCUT2D eigenvalue weighted by atomic mass is 10.1. The van der Waals surface area contributed by atoms with Crippen molar-refractivity contribution in [3.8, 4) is 11.5 Å². The van der Waals surface area contributed by atoms with Crippen molar-refractivity contribution in [1.82, 2.24) is 29.7 Å². The molecule has 0 bridgehead atoms. The summed E-state index contributed by atoms with van der Waals surface area (Å²) in [6.45, 7) is 0. The number of fused-ring (bicyclic) bond motifs is 6. The summed E-state index contributed by atoms with van der Waals surface area (Å²) in [6.07, 6.45) is 1.23. The molecule has 4 heterocycles. The number of hydrogen-bond acceptors (Lipinski definition) is 6. The lowest BCUT2D eigenvalue weighted by molar-refractivity contribution is 0.244. The van der Waals surface area contributed by atoms with E-state index in [2.05, 4.69) is 20.6 Å². The van der Waals surface area contributed by atoms with E-state index in [1.165, 1.54) is 33.4 Å². The average molecular weight is 623 g/mol. The van der Waals surface area contributed by atoms with Crippen molar-refractivity contribution >= 4 is 34.1 Å².